The van der Waals surface area contributed by atoms with Crippen LogP contribution in [0.5, 0.6) is 11.5 Å². The Hall–Kier alpha value is -2.08. The molecule has 19 heavy (non-hydrogen) atoms. The second kappa shape index (κ2) is 5.71. The second-order valence-corrected chi connectivity index (χ2v) is 4.25. The first-order chi connectivity index (χ1) is 9.17. The molecule has 6 nitrogen and oxygen atoms in total. The van der Waals surface area contributed by atoms with Crippen LogP contribution in [0.25, 0.3) is 0 Å². The molecule has 6 heteroatoms. The van der Waals surface area contributed by atoms with Gasteiger partial charge >= 0.3 is 0 Å². The quantitative estimate of drug-likeness (QED) is 0.873. The predicted octanol–water partition coefficient (Wildman–Crippen LogP) is 1.11. The number of hydrogen-bond acceptors (Lipinski definition) is 5. The molecule has 0 fully saturated rings. The fourth-order valence-corrected chi connectivity index (χ4v) is 1.88. The van der Waals surface area contributed by atoms with Gasteiger partial charge in [-0.25, -0.2) is 4.68 Å². The molecule has 0 saturated carbocycles. The summed E-state index contributed by atoms with van der Waals surface area (Å²) in [5, 5.41) is 8.00. The molecule has 0 spiro atoms. The third-order valence-corrected chi connectivity index (χ3v) is 2.97. The van der Waals surface area contributed by atoms with Crippen LogP contribution in [-0.2, 0) is 13.1 Å². The van der Waals surface area contributed by atoms with E-state index >= 15 is 0 Å². The van der Waals surface area contributed by atoms with Crippen molar-refractivity contribution in [3.8, 4) is 11.5 Å². The number of nitrogens with zero attached hydrogens (tertiary/aromatic N) is 3. The van der Waals surface area contributed by atoms with Crippen LogP contribution in [0.2, 0.25) is 0 Å². The van der Waals surface area contributed by atoms with Gasteiger partial charge in [0.2, 0.25) is 0 Å². The summed E-state index contributed by atoms with van der Waals surface area (Å²) in [7, 11) is 3.25. The van der Waals surface area contributed by atoms with Crippen LogP contribution < -0.4 is 15.2 Å². The van der Waals surface area contributed by atoms with Crippen LogP contribution in [0, 0.1) is 6.92 Å². The Morgan fingerprint density at radius 3 is 2.47 bits per heavy atom. The monoisotopic (exact) mass is 262 g/mol. The topological polar surface area (TPSA) is 75.2 Å². The molecule has 0 aliphatic carbocycles. The zero-order valence-electron chi connectivity index (χ0n) is 11.4. The summed E-state index contributed by atoms with van der Waals surface area (Å²) in [5.74, 6) is 1.44. The summed E-state index contributed by atoms with van der Waals surface area (Å²) in [6, 6.07) is 3.91. The van der Waals surface area contributed by atoms with Crippen LogP contribution in [0.4, 0.5) is 0 Å². The number of hydrogen-bond donors (Lipinski definition) is 1. The molecule has 0 unspecified atom stereocenters. The number of ether oxygens (including phenoxy) is 2. The number of methoxy groups -OCH3 is 2. The van der Waals surface area contributed by atoms with E-state index in [-0.39, 0.29) is 0 Å². The van der Waals surface area contributed by atoms with Gasteiger partial charge in [-0.2, -0.15) is 0 Å². The van der Waals surface area contributed by atoms with Crippen molar-refractivity contribution in [2.24, 2.45) is 5.73 Å². The van der Waals surface area contributed by atoms with E-state index in [1.807, 2.05) is 25.3 Å². The maximum Gasteiger partial charge on any atom is 0.161 e. The average Bonchev–Trinajstić information content (AvgIpc) is 2.88. The smallest absolute Gasteiger partial charge is 0.161 e. The van der Waals surface area contributed by atoms with Crippen molar-refractivity contribution < 1.29 is 9.47 Å². The van der Waals surface area contributed by atoms with E-state index in [0.717, 1.165) is 22.6 Å². The predicted molar refractivity (Wildman–Crippen MR) is 71.3 cm³/mol. The van der Waals surface area contributed by atoms with E-state index in [2.05, 4.69) is 10.3 Å². The second-order valence-electron chi connectivity index (χ2n) is 4.25. The zero-order valence-corrected chi connectivity index (χ0v) is 11.4. The lowest BCUT2D eigenvalue weighted by atomic mass is 10.1. The molecule has 2 rings (SSSR count). The van der Waals surface area contributed by atoms with E-state index in [0.29, 0.717) is 18.8 Å². The van der Waals surface area contributed by atoms with Crippen molar-refractivity contribution in [3.63, 3.8) is 0 Å². The van der Waals surface area contributed by atoms with Gasteiger partial charge in [0.1, 0.15) is 0 Å². The van der Waals surface area contributed by atoms with Gasteiger partial charge in [0.15, 0.2) is 11.5 Å². The third kappa shape index (κ3) is 2.85. The first-order valence-corrected chi connectivity index (χ1v) is 5.98. The Morgan fingerprint density at radius 1 is 1.21 bits per heavy atom. The van der Waals surface area contributed by atoms with Crippen LogP contribution in [0.3, 0.4) is 0 Å². The highest BCUT2D eigenvalue weighted by atomic mass is 16.5. The molecule has 0 aliphatic heterocycles. The first kappa shape index (κ1) is 13.4. The number of nitrogens with two attached hydrogens (primary N) is 1. The summed E-state index contributed by atoms with van der Waals surface area (Å²) < 4.78 is 12.3. The normalized spacial score (nSPS) is 10.5. The van der Waals surface area contributed by atoms with Crippen molar-refractivity contribution in [2.75, 3.05) is 14.2 Å². The number of aromatic nitrogens is 3. The summed E-state index contributed by atoms with van der Waals surface area (Å²) >= 11 is 0. The molecule has 102 valence electrons. The molecular weight excluding hydrogens is 244 g/mol. The molecule has 0 aliphatic rings. The highest BCUT2D eigenvalue weighted by molar-refractivity contribution is 5.47. The van der Waals surface area contributed by atoms with E-state index in [1.54, 1.807) is 18.9 Å². The van der Waals surface area contributed by atoms with Gasteiger partial charge in [0.25, 0.3) is 0 Å². The summed E-state index contributed by atoms with van der Waals surface area (Å²) in [5.41, 5.74) is 8.51. The fraction of sp³-hybridized carbons (Fsp3) is 0.385. The van der Waals surface area contributed by atoms with Crippen LogP contribution in [0.1, 0.15) is 16.8 Å². The molecule has 0 atom stereocenters. The largest absolute Gasteiger partial charge is 0.493 e. The van der Waals surface area contributed by atoms with Gasteiger partial charge in [0.05, 0.1) is 32.7 Å². The molecule has 1 aromatic heterocycles. The van der Waals surface area contributed by atoms with Crippen molar-refractivity contribution in [3.05, 3.63) is 35.2 Å². The molecule has 2 aromatic rings. The van der Waals surface area contributed by atoms with Gasteiger partial charge in [-0.15, -0.1) is 5.10 Å². The maximum absolute atomic E-state index is 5.52. The third-order valence-electron chi connectivity index (χ3n) is 2.97. The molecular formula is C13H18N4O2. The minimum atomic E-state index is 0.394. The number of rotatable bonds is 5. The molecule has 0 saturated heterocycles. The Morgan fingerprint density at radius 2 is 1.89 bits per heavy atom. The molecule has 1 aromatic carbocycles. The lowest BCUT2D eigenvalue weighted by Gasteiger charge is -2.12. The minimum Gasteiger partial charge on any atom is -0.493 e. The van der Waals surface area contributed by atoms with Crippen LogP contribution in [0.15, 0.2) is 18.3 Å². The van der Waals surface area contributed by atoms with Gasteiger partial charge in [-0.3, -0.25) is 0 Å². The average molecular weight is 262 g/mol. The van der Waals surface area contributed by atoms with Crippen molar-refractivity contribution in [2.45, 2.75) is 20.0 Å². The Kier molecular flexibility index (Phi) is 4.01. The Balaban J connectivity index is 2.29. The fourth-order valence-electron chi connectivity index (χ4n) is 1.88. The highest BCUT2D eigenvalue weighted by Crippen LogP contribution is 2.30. The molecule has 1 heterocycles. The molecule has 2 N–H and O–H groups in total. The van der Waals surface area contributed by atoms with Crippen LogP contribution in [-0.4, -0.2) is 29.2 Å². The van der Waals surface area contributed by atoms with E-state index in [1.165, 1.54) is 0 Å². The summed E-state index contributed by atoms with van der Waals surface area (Å²) in [6.07, 6.45) is 1.84. The Bertz CT molecular complexity index is 566. The van der Waals surface area contributed by atoms with Gasteiger partial charge in [-0.1, -0.05) is 5.21 Å². The highest BCUT2D eigenvalue weighted by Gasteiger charge is 2.09. The first-order valence-electron chi connectivity index (χ1n) is 5.98. The lowest BCUT2D eigenvalue weighted by Crippen LogP contribution is -2.04. The Labute approximate surface area is 112 Å². The van der Waals surface area contributed by atoms with Crippen molar-refractivity contribution >= 4 is 0 Å². The molecule has 0 amide bonds. The van der Waals surface area contributed by atoms with Crippen LogP contribution >= 0.6 is 0 Å². The van der Waals surface area contributed by atoms with Gasteiger partial charge in [0, 0.05) is 6.54 Å². The zero-order chi connectivity index (χ0) is 13.8. The van der Waals surface area contributed by atoms with E-state index < -0.39 is 0 Å². The van der Waals surface area contributed by atoms with Gasteiger partial charge < -0.3 is 15.2 Å². The summed E-state index contributed by atoms with van der Waals surface area (Å²) in [6.45, 7) is 3.04. The SMILES string of the molecule is COc1cc(C)c(Cn2cc(CN)nn2)cc1OC. The van der Waals surface area contributed by atoms with Crippen molar-refractivity contribution in [1.29, 1.82) is 0 Å². The minimum absolute atomic E-state index is 0.394. The summed E-state index contributed by atoms with van der Waals surface area (Å²) in [4.78, 5) is 0. The number of aryl methyl sites for hydroxylation is 1. The van der Waals surface area contributed by atoms with E-state index in [4.69, 9.17) is 15.2 Å². The maximum atomic E-state index is 5.52. The standard InChI is InChI=1S/C13H18N4O2/c1-9-4-12(18-2)13(19-3)5-10(9)7-17-8-11(6-14)15-16-17/h4-5,8H,6-7,14H2,1-3H3. The number of benzene rings is 1. The lowest BCUT2D eigenvalue weighted by molar-refractivity contribution is 0.354. The molecule has 0 radical (unpaired) electrons. The van der Waals surface area contributed by atoms with Crippen molar-refractivity contribution in [1.82, 2.24) is 15.0 Å². The molecule has 0 bridgehead atoms. The van der Waals surface area contributed by atoms with Gasteiger partial charge in [-0.05, 0) is 30.2 Å². The van der Waals surface area contributed by atoms with E-state index in [9.17, 15) is 0 Å².